The summed E-state index contributed by atoms with van der Waals surface area (Å²) in [6.45, 7) is 3.71. The summed E-state index contributed by atoms with van der Waals surface area (Å²) in [6.07, 6.45) is 3.39. The van der Waals surface area contributed by atoms with E-state index in [0.29, 0.717) is 17.6 Å². The van der Waals surface area contributed by atoms with E-state index in [4.69, 9.17) is 11.6 Å². The lowest BCUT2D eigenvalue weighted by Crippen LogP contribution is -2.45. The Kier molecular flexibility index (Phi) is 9.46. The minimum absolute atomic E-state index is 0. The van der Waals surface area contributed by atoms with Gasteiger partial charge in [-0.1, -0.05) is 54.1 Å². The summed E-state index contributed by atoms with van der Waals surface area (Å²) in [5.41, 5.74) is 4.98. The molecule has 34 heavy (non-hydrogen) atoms. The number of fused-ring (bicyclic) bond motifs is 1. The quantitative estimate of drug-likeness (QED) is 0.411. The molecular formula is C26H31Cl3N4O. The van der Waals surface area contributed by atoms with Gasteiger partial charge in [-0.05, 0) is 61.7 Å². The first-order valence-corrected chi connectivity index (χ1v) is 11.9. The molecule has 3 N–H and O–H groups in total. The lowest BCUT2D eigenvalue weighted by atomic mass is 10.0. The van der Waals surface area contributed by atoms with Gasteiger partial charge in [-0.3, -0.25) is 4.79 Å². The summed E-state index contributed by atoms with van der Waals surface area (Å²) >= 11 is 6.32. The molecule has 1 saturated heterocycles. The Labute approximate surface area is 218 Å². The first-order chi connectivity index (χ1) is 15.7. The van der Waals surface area contributed by atoms with Crippen molar-refractivity contribution in [3.63, 3.8) is 0 Å². The molecule has 2 atom stereocenters. The monoisotopic (exact) mass is 520 g/mol. The van der Waals surface area contributed by atoms with Gasteiger partial charge >= 0.3 is 0 Å². The molecule has 1 fully saturated rings. The van der Waals surface area contributed by atoms with Crippen LogP contribution < -0.4 is 16.0 Å². The maximum atomic E-state index is 12.9. The molecule has 1 aromatic heterocycles. The van der Waals surface area contributed by atoms with Crippen LogP contribution in [0.1, 0.15) is 35.8 Å². The average Bonchev–Trinajstić information content (AvgIpc) is 3.24. The first kappa shape index (κ1) is 26.6. The number of hydrogen-bond acceptors (Lipinski definition) is 3. The predicted molar refractivity (Wildman–Crippen MR) is 145 cm³/mol. The Morgan fingerprint density at radius 1 is 1.00 bits per heavy atom. The zero-order valence-electron chi connectivity index (χ0n) is 18.9. The molecule has 0 bridgehead atoms. The summed E-state index contributed by atoms with van der Waals surface area (Å²) in [5, 5.41) is 11.0. The highest BCUT2D eigenvalue weighted by molar-refractivity contribution is 6.30. The summed E-state index contributed by atoms with van der Waals surface area (Å²) in [6, 6.07) is 21.0. The third kappa shape index (κ3) is 5.61. The maximum Gasteiger partial charge on any atom is 0.268 e. The van der Waals surface area contributed by atoms with Gasteiger partial charge in [0.15, 0.2) is 0 Å². The Hall–Kier alpha value is -2.02. The Bertz CT molecular complexity index is 1100. The van der Waals surface area contributed by atoms with Crippen LogP contribution in [0.15, 0.2) is 60.7 Å². The van der Waals surface area contributed by atoms with Gasteiger partial charge in [-0.15, -0.1) is 24.8 Å². The second-order valence-corrected chi connectivity index (χ2v) is 9.12. The second-order valence-electron chi connectivity index (χ2n) is 8.69. The largest absolute Gasteiger partial charge is 0.349 e. The van der Waals surface area contributed by atoms with Crippen molar-refractivity contribution < 1.29 is 4.79 Å². The predicted octanol–water partition coefficient (Wildman–Crippen LogP) is 5.34. The minimum atomic E-state index is -0.0175. The molecule has 182 valence electrons. The van der Waals surface area contributed by atoms with Crippen LogP contribution in [-0.2, 0) is 0 Å². The number of piperidine rings is 1. The summed E-state index contributed by atoms with van der Waals surface area (Å²) in [7, 11) is 0. The van der Waals surface area contributed by atoms with Crippen molar-refractivity contribution >= 4 is 42.3 Å². The van der Waals surface area contributed by atoms with Gasteiger partial charge in [-0.25, -0.2) is 0 Å². The molecular weight excluding hydrogens is 491 g/mol. The molecule has 2 aliphatic rings. The molecule has 2 aliphatic heterocycles. The van der Waals surface area contributed by atoms with Crippen molar-refractivity contribution in [1.82, 2.24) is 20.5 Å². The topological polar surface area (TPSA) is 58.1 Å². The van der Waals surface area contributed by atoms with E-state index in [2.05, 4.69) is 38.7 Å². The van der Waals surface area contributed by atoms with Crippen molar-refractivity contribution in [2.45, 2.75) is 31.3 Å². The zero-order valence-corrected chi connectivity index (χ0v) is 21.3. The number of aromatic nitrogens is 1. The van der Waals surface area contributed by atoms with Crippen molar-refractivity contribution in [3.8, 4) is 22.4 Å². The van der Waals surface area contributed by atoms with Gasteiger partial charge in [0.25, 0.3) is 5.91 Å². The lowest BCUT2D eigenvalue weighted by molar-refractivity contribution is 0.0913. The third-order valence-corrected chi connectivity index (χ3v) is 6.76. The molecule has 8 heteroatoms. The van der Waals surface area contributed by atoms with Crippen LogP contribution in [0, 0.1) is 0 Å². The van der Waals surface area contributed by atoms with Crippen LogP contribution in [0.5, 0.6) is 0 Å². The van der Waals surface area contributed by atoms with E-state index in [1.54, 1.807) is 0 Å². The molecule has 0 aliphatic carbocycles. The molecule has 0 saturated carbocycles. The van der Waals surface area contributed by atoms with E-state index in [-0.39, 0.29) is 36.8 Å². The highest BCUT2D eigenvalue weighted by atomic mass is 35.5. The number of hydrogen-bond donors (Lipinski definition) is 3. The SMILES string of the molecule is Cl.Cl.O=C1NC[C@H](CCN[C@H]2CCCNC2)n2c1cc(-c1cccc(Cl)c1)c2-c1ccccc1. The molecule has 5 nitrogen and oxygen atoms in total. The number of halogens is 3. The van der Waals surface area contributed by atoms with Crippen LogP contribution in [0.3, 0.4) is 0 Å². The minimum Gasteiger partial charge on any atom is -0.349 e. The smallest absolute Gasteiger partial charge is 0.268 e. The van der Waals surface area contributed by atoms with E-state index >= 15 is 0 Å². The highest BCUT2D eigenvalue weighted by Crippen LogP contribution is 2.39. The number of amides is 1. The first-order valence-electron chi connectivity index (χ1n) is 11.5. The van der Waals surface area contributed by atoms with Gasteiger partial charge in [0, 0.05) is 29.7 Å². The summed E-state index contributed by atoms with van der Waals surface area (Å²) in [5.74, 6) is -0.0175. The molecule has 5 rings (SSSR count). The Morgan fingerprint density at radius 3 is 2.53 bits per heavy atom. The summed E-state index contributed by atoms with van der Waals surface area (Å²) in [4.78, 5) is 12.9. The van der Waals surface area contributed by atoms with E-state index in [0.717, 1.165) is 54.1 Å². The maximum absolute atomic E-state index is 12.9. The lowest BCUT2D eigenvalue weighted by Gasteiger charge is -2.30. The number of rotatable bonds is 6. The number of nitrogens with zero attached hydrogens (tertiary/aromatic N) is 1. The fourth-order valence-corrected chi connectivity index (χ4v) is 5.14. The third-order valence-electron chi connectivity index (χ3n) is 6.52. The molecule has 3 aromatic rings. The van der Waals surface area contributed by atoms with Crippen LogP contribution in [-0.4, -0.2) is 42.7 Å². The van der Waals surface area contributed by atoms with Gasteiger partial charge in [0.2, 0.25) is 0 Å². The van der Waals surface area contributed by atoms with Gasteiger partial charge in [-0.2, -0.15) is 0 Å². The fourth-order valence-electron chi connectivity index (χ4n) is 4.95. The molecule has 0 spiro atoms. The molecule has 1 amide bonds. The normalized spacial score (nSPS) is 19.4. The van der Waals surface area contributed by atoms with Crippen molar-refractivity contribution in [2.75, 3.05) is 26.2 Å². The number of nitrogens with one attached hydrogen (secondary N) is 3. The zero-order chi connectivity index (χ0) is 21.9. The van der Waals surface area contributed by atoms with Crippen LogP contribution in [0.25, 0.3) is 22.4 Å². The van der Waals surface area contributed by atoms with Gasteiger partial charge in [0.1, 0.15) is 5.69 Å². The van der Waals surface area contributed by atoms with Gasteiger partial charge < -0.3 is 20.5 Å². The molecule has 0 unspecified atom stereocenters. The average molecular weight is 522 g/mol. The van der Waals surface area contributed by atoms with E-state index < -0.39 is 0 Å². The highest BCUT2D eigenvalue weighted by Gasteiger charge is 2.30. The van der Waals surface area contributed by atoms with E-state index in [1.165, 1.54) is 12.8 Å². The van der Waals surface area contributed by atoms with E-state index in [9.17, 15) is 4.79 Å². The van der Waals surface area contributed by atoms with Crippen molar-refractivity contribution in [3.05, 3.63) is 71.4 Å². The molecule has 3 heterocycles. The molecule has 2 aromatic carbocycles. The summed E-state index contributed by atoms with van der Waals surface area (Å²) < 4.78 is 2.26. The van der Waals surface area contributed by atoms with Gasteiger partial charge in [0.05, 0.1) is 11.7 Å². The Balaban J connectivity index is 0.00000162. The molecule has 0 radical (unpaired) electrons. The number of carbonyl (C=O) groups excluding carboxylic acids is 1. The van der Waals surface area contributed by atoms with Crippen molar-refractivity contribution in [2.24, 2.45) is 0 Å². The number of benzene rings is 2. The number of carbonyl (C=O) groups is 1. The standard InChI is InChI=1S/C26H29ClN4O.2ClH/c27-20-9-4-8-19(14-20)23-15-24-26(32)30-17-22(11-13-29-21-10-5-12-28-16-21)31(24)25(23)18-6-2-1-3-7-18;;/h1-4,6-9,14-15,21-22,28-29H,5,10-13,16-17H2,(H,30,32);2*1H/t21-,22-;;/m0../s1. The Morgan fingerprint density at radius 2 is 1.79 bits per heavy atom. The van der Waals surface area contributed by atoms with E-state index in [1.807, 2.05) is 42.5 Å². The van der Waals surface area contributed by atoms with Crippen molar-refractivity contribution in [1.29, 1.82) is 0 Å². The van der Waals surface area contributed by atoms with Crippen LogP contribution in [0.4, 0.5) is 0 Å². The fraction of sp³-hybridized carbons (Fsp3) is 0.346. The van der Waals surface area contributed by atoms with Crippen LogP contribution >= 0.6 is 36.4 Å². The second kappa shape index (κ2) is 12.1. The van der Waals surface area contributed by atoms with Crippen LogP contribution in [0.2, 0.25) is 5.02 Å².